The van der Waals surface area contributed by atoms with Crippen LogP contribution in [0.3, 0.4) is 0 Å². The molecule has 1 fully saturated rings. The Hall–Kier alpha value is -1.80. The Morgan fingerprint density at radius 3 is 2.52 bits per heavy atom. The molecular formula is C13H16IN3O8. The van der Waals surface area contributed by atoms with Gasteiger partial charge in [0.1, 0.15) is 28.6 Å². The quantitative estimate of drug-likeness (QED) is 0.412. The van der Waals surface area contributed by atoms with Gasteiger partial charge in [0.05, 0.1) is 6.20 Å². The Bertz CT molecular complexity index is 665. The van der Waals surface area contributed by atoms with E-state index in [0.29, 0.717) is 3.70 Å². The fourth-order valence-corrected chi connectivity index (χ4v) is 2.90. The lowest BCUT2D eigenvalue weighted by molar-refractivity contribution is -0.225. The molecular weight excluding hydrogens is 453 g/mol. The summed E-state index contributed by atoms with van der Waals surface area (Å²) in [5.41, 5.74) is 0. The smallest absolute Gasteiger partial charge is 0.335 e. The second-order valence-corrected chi connectivity index (χ2v) is 6.42. The Labute approximate surface area is 155 Å². The van der Waals surface area contributed by atoms with Gasteiger partial charge in [-0.15, -0.1) is 5.10 Å². The summed E-state index contributed by atoms with van der Waals surface area (Å²) in [5, 5.41) is 27.3. The number of esters is 2. The van der Waals surface area contributed by atoms with E-state index in [1.54, 1.807) is 0 Å². The van der Waals surface area contributed by atoms with Crippen molar-refractivity contribution in [3.8, 4) is 0 Å². The molecule has 1 saturated heterocycles. The first kappa shape index (κ1) is 19.5. The number of carboxylic acid groups (broad SMARTS) is 1. The van der Waals surface area contributed by atoms with Gasteiger partial charge >= 0.3 is 17.9 Å². The van der Waals surface area contributed by atoms with E-state index < -0.39 is 48.4 Å². The molecule has 11 nitrogen and oxygen atoms in total. The highest BCUT2D eigenvalue weighted by atomic mass is 127. The molecule has 1 aliphatic heterocycles. The number of hydrogen-bond donors (Lipinski definition) is 2. The van der Waals surface area contributed by atoms with E-state index in [-0.39, 0.29) is 6.61 Å². The molecule has 1 aliphatic rings. The normalized spacial score (nSPS) is 29.0. The number of aromatic nitrogens is 3. The number of aliphatic hydroxyl groups excluding tert-OH is 1. The van der Waals surface area contributed by atoms with Crippen molar-refractivity contribution in [1.29, 1.82) is 0 Å². The molecule has 0 spiro atoms. The van der Waals surface area contributed by atoms with Gasteiger partial charge in [-0.3, -0.25) is 9.59 Å². The zero-order chi connectivity index (χ0) is 18.7. The lowest BCUT2D eigenvalue weighted by Crippen LogP contribution is -2.59. The number of carboxylic acids is 1. The van der Waals surface area contributed by atoms with Gasteiger partial charge < -0.3 is 24.4 Å². The highest BCUT2D eigenvalue weighted by molar-refractivity contribution is 14.1. The summed E-state index contributed by atoms with van der Waals surface area (Å²) in [6, 6.07) is -1.09. The Balaban J connectivity index is 2.41. The summed E-state index contributed by atoms with van der Waals surface area (Å²) in [7, 11) is 0. The summed E-state index contributed by atoms with van der Waals surface area (Å²) in [5.74, 6) is -2.71. The molecule has 2 heterocycles. The predicted octanol–water partition coefficient (Wildman–Crippen LogP) is -0.868. The number of ether oxygens (including phenoxy) is 3. The van der Waals surface area contributed by atoms with Gasteiger partial charge in [-0.1, -0.05) is 5.21 Å². The summed E-state index contributed by atoms with van der Waals surface area (Å²) in [6.07, 6.45) is -3.99. The minimum Gasteiger partial charge on any atom is -0.479 e. The number of carbonyl (C=O) groups is 3. The molecule has 25 heavy (non-hydrogen) atoms. The second-order valence-electron chi connectivity index (χ2n) is 5.31. The topological polar surface area (TPSA) is 150 Å². The Morgan fingerprint density at radius 2 is 2.04 bits per heavy atom. The highest BCUT2D eigenvalue weighted by Gasteiger charge is 2.51. The van der Waals surface area contributed by atoms with Crippen LogP contribution < -0.4 is 0 Å². The minimum atomic E-state index is -1.63. The van der Waals surface area contributed by atoms with Crippen LogP contribution in [0.15, 0.2) is 6.20 Å². The molecule has 138 valence electrons. The van der Waals surface area contributed by atoms with Crippen LogP contribution in [0.2, 0.25) is 0 Å². The first-order chi connectivity index (χ1) is 11.7. The van der Waals surface area contributed by atoms with Gasteiger partial charge in [0.25, 0.3) is 0 Å². The molecule has 0 bridgehead atoms. The van der Waals surface area contributed by atoms with E-state index in [1.165, 1.54) is 17.8 Å². The lowest BCUT2D eigenvalue weighted by Gasteiger charge is -2.42. The molecule has 0 amide bonds. The first-order valence-corrected chi connectivity index (χ1v) is 8.22. The SMILES string of the molecule is CC(=O)OC[C@H]1O[C@@H](C(=O)O)[C@H](O)[C@@H](n2cc(I)nn2)[C@H]1OC(C)=O. The maximum absolute atomic E-state index is 11.5. The third kappa shape index (κ3) is 4.64. The van der Waals surface area contributed by atoms with Crippen LogP contribution >= 0.6 is 22.6 Å². The molecule has 0 unspecified atom stereocenters. The van der Waals surface area contributed by atoms with Gasteiger partial charge in [0, 0.05) is 13.8 Å². The number of nitrogens with zero attached hydrogens (tertiary/aromatic N) is 3. The fourth-order valence-electron chi connectivity index (χ4n) is 2.52. The average Bonchev–Trinajstić information content (AvgIpc) is 2.91. The molecule has 2 N–H and O–H groups in total. The summed E-state index contributed by atoms with van der Waals surface area (Å²) < 4.78 is 17.1. The fraction of sp³-hybridized carbons (Fsp3) is 0.615. The van der Waals surface area contributed by atoms with E-state index in [0.717, 1.165) is 6.92 Å². The molecule has 0 radical (unpaired) electrons. The number of aliphatic hydroxyl groups is 1. The number of rotatable bonds is 5. The molecule has 0 saturated carbocycles. The van der Waals surface area contributed by atoms with Crippen LogP contribution in [0.4, 0.5) is 0 Å². The molecule has 2 rings (SSSR count). The van der Waals surface area contributed by atoms with Crippen molar-refractivity contribution in [2.24, 2.45) is 0 Å². The summed E-state index contributed by atoms with van der Waals surface area (Å²) in [6.45, 7) is 1.97. The molecule has 0 aromatic carbocycles. The lowest BCUT2D eigenvalue weighted by atomic mass is 9.92. The second kappa shape index (κ2) is 8.05. The molecule has 5 atom stereocenters. The van der Waals surface area contributed by atoms with E-state index in [4.69, 9.17) is 14.2 Å². The highest BCUT2D eigenvalue weighted by Crippen LogP contribution is 2.32. The Morgan fingerprint density at radius 1 is 1.36 bits per heavy atom. The van der Waals surface area contributed by atoms with Crippen molar-refractivity contribution in [2.75, 3.05) is 6.61 Å². The maximum Gasteiger partial charge on any atom is 0.335 e. The zero-order valence-corrected chi connectivity index (χ0v) is 15.4. The van der Waals surface area contributed by atoms with Crippen molar-refractivity contribution < 1.29 is 38.8 Å². The van der Waals surface area contributed by atoms with Gasteiger partial charge in [-0.05, 0) is 22.6 Å². The van der Waals surface area contributed by atoms with Crippen molar-refractivity contribution >= 4 is 40.5 Å². The zero-order valence-electron chi connectivity index (χ0n) is 13.2. The van der Waals surface area contributed by atoms with Gasteiger partial charge in [-0.25, -0.2) is 9.48 Å². The molecule has 12 heteroatoms. The summed E-state index contributed by atoms with van der Waals surface area (Å²) in [4.78, 5) is 34.0. The minimum absolute atomic E-state index is 0.355. The van der Waals surface area contributed by atoms with Gasteiger partial charge in [0.15, 0.2) is 12.2 Å². The van der Waals surface area contributed by atoms with Crippen LogP contribution in [0.5, 0.6) is 0 Å². The number of aliphatic carboxylic acids is 1. The third-order valence-corrected chi connectivity index (χ3v) is 3.96. The van der Waals surface area contributed by atoms with E-state index in [9.17, 15) is 24.6 Å². The largest absolute Gasteiger partial charge is 0.479 e. The van der Waals surface area contributed by atoms with Crippen LogP contribution in [0.25, 0.3) is 0 Å². The number of carbonyl (C=O) groups excluding carboxylic acids is 2. The number of hydrogen-bond acceptors (Lipinski definition) is 9. The average molecular weight is 469 g/mol. The van der Waals surface area contributed by atoms with Crippen LogP contribution in [-0.4, -0.2) is 74.1 Å². The van der Waals surface area contributed by atoms with Crippen LogP contribution in [0, 0.1) is 3.70 Å². The Kier molecular flexibility index (Phi) is 6.29. The maximum atomic E-state index is 11.5. The van der Waals surface area contributed by atoms with E-state index in [2.05, 4.69) is 10.3 Å². The monoisotopic (exact) mass is 469 g/mol. The third-order valence-electron chi connectivity index (χ3n) is 3.47. The van der Waals surface area contributed by atoms with Crippen LogP contribution in [-0.2, 0) is 28.6 Å². The number of halogens is 1. The van der Waals surface area contributed by atoms with E-state index >= 15 is 0 Å². The van der Waals surface area contributed by atoms with Crippen molar-refractivity contribution in [3.63, 3.8) is 0 Å². The predicted molar refractivity (Wildman–Crippen MR) is 86.3 cm³/mol. The standard InChI is InChI=1S/C13H16IN3O8/c1-5(18)23-4-7-11(24-6(2)19)9(17-3-8(14)15-16-17)10(20)12(25-7)13(21)22/h3,7,9-12,20H,4H2,1-2H3,(H,21,22)/t7-,9-,10-,11+,12-/m1/s1. The van der Waals surface area contributed by atoms with Crippen LogP contribution in [0.1, 0.15) is 19.9 Å². The van der Waals surface area contributed by atoms with Crippen molar-refractivity contribution in [3.05, 3.63) is 9.90 Å². The molecule has 0 aliphatic carbocycles. The van der Waals surface area contributed by atoms with Crippen molar-refractivity contribution in [2.45, 2.75) is 44.3 Å². The summed E-state index contributed by atoms with van der Waals surface area (Å²) >= 11 is 1.88. The molecule has 1 aromatic heterocycles. The van der Waals surface area contributed by atoms with Crippen molar-refractivity contribution in [1.82, 2.24) is 15.0 Å². The van der Waals surface area contributed by atoms with Gasteiger partial charge in [-0.2, -0.15) is 0 Å². The first-order valence-electron chi connectivity index (χ1n) is 7.15. The molecule has 1 aromatic rings. The van der Waals surface area contributed by atoms with Gasteiger partial charge in [0.2, 0.25) is 0 Å². The van der Waals surface area contributed by atoms with E-state index in [1.807, 2.05) is 22.6 Å².